The lowest BCUT2D eigenvalue weighted by atomic mass is 9.97. The molecule has 0 N–H and O–H groups in total. The minimum absolute atomic E-state index is 0.582. The highest BCUT2D eigenvalue weighted by Crippen LogP contribution is 2.35. The van der Waals surface area contributed by atoms with Crippen LogP contribution in [0.25, 0.3) is 78.3 Å². The molecule has 4 nitrogen and oxygen atoms in total. The van der Waals surface area contributed by atoms with Gasteiger partial charge in [0.2, 0.25) is 0 Å². The van der Waals surface area contributed by atoms with Gasteiger partial charge < -0.3 is 0 Å². The Morgan fingerprint density at radius 1 is 0.333 bits per heavy atom. The van der Waals surface area contributed by atoms with Crippen molar-refractivity contribution in [2.24, 2.45) is 0 Å². The van der Waals surface area contributed by atoms with Crippen LogP contribution >= 0.6 is 0 Å². The SMILES string of the molecule is N#Cc1cccc(-c2nc3ccccc3nc2-c2ccc(-c3cc(-c4ccc(-c5ccccc5)cc4)cc(-c4ccccc4)n3)cc2)c1. The molecule has 6 aromatic carbocycles. The summed E-state index contributed by atoms with van der Waals surface area (Å²) in [6, 6.07) is 59.8. The second-order valence-electron chi connectivity index (χ2n) is 11.6. The van der Waals surface area contributed by atoms with Crippen LogP contribution in [0.4, 0.5) is 0 Å². The van der Waals surface area contributed by atoms with Crippen LogP contribution in [0.15, 0.2) is 170 Å². The van der Waals surface area contributed by atoms with Crippen LogP contribution in [0.2, 0.25) is 0 Å². The number of rotatable bonds is 6. The molecule has 0 radical (unpaired) electrons. The van der Waals surface area contributed by atoms with Crippen molar-refractivity contribution in [3.05, 3.63) is 175 Å². The summed E-state index contributed by atoms with van der Waals surface area (Å²) in [6.45, 7) is 0. The summed E-state index contributed by atoms with van der Waals surface area (Å²) in [5.74, 6) is 0. The number of nitrogens with zero attached hydrogens (tertiary/aromatic N) is 4. The van der Waals surface area contributed by atoms with Crippen molar-refractivity contribution in [3.63, 3.8) is 0 Å². The van der Waals surface area contributed by atoms with Gasteiger partial charge in [-0.3, -0.25) is 0 Å². The molecule has 2 aromatic heterocycles. The summed E-state index contributed by atoms with van der Waals surface area (Å²) >= 11 is 0. The van der Waals surface area contributed by atoms with Crippen molar-refractivity contribution in [1.82, 2.24) is 15.0 Å². The largest absolute Gasteiger partial charge is 0.248 e. The second-order valence-corrected chi connectivity index (χ2v) is 11.6. The number of benzene rings is 6. The number of pyridine rings is 1. The highest BCUT2D eigenvalue weighted by atomic mass is 14.8. The molecule has 0 unspecified atom stereocenters. The Balaban J connectivity index is 1.21. The van der Waals surface area contributed by atoms with E-state index in [1.165, 1.54) is 11.1 Å². The smallest absolute Gasteiger partial charge is 0.0991 e. The first kappa shape index (κ1) is 28.8. The first-order chi connectivity index (χ1) is 23.7. The van der Waals surface area contributed by atoms with Crippen molar-refractivity contribution in [3.8, 4) is 73.4 Å². The van der Waals surface area contributed by atoms with Gasteiger partial charge in [0.05, 0.1) is 45.4 Å². The Bertz CT molecular complexity index is 2430. The molecular weight excluding hydrogens is 585 g/mol. The summed E-state index contributed by atoms with van der Waals surface area (Å²) in [5.41, 5.74) is 14.0. The Morgan fingerprint density at radius 3 is 1.38 bits per heavy atom. The summed E-state index contributed by atoms with van der Waals surface area (Å²) in [7, 11) is 0. The molecule has 4 heteroatoms. The van der Waals surface area contributed by atoms with Gasteiger partial charge in [0.1, 0.15) is 0 Å². The molecule has 0 saturated carbocycles. The van der Waals surface area contributed by atoms with Gasteiger partial charge in [-0.2, -0.15) is 5.26 Å². The molecule has 0 saturated heterocycles. The molecule has 0 atom stereocenters. The van der Waals surface area contributed by atoms with Gasteiger partial charge in [-0.15, -0.1) is 0 Å². The van der Waals surface area contributed by atoms with Crippen LogP contribution in [0.5, 0.6) is 0 Å². The number of hydrogen-bond acceptors (Lipinski definition) is 4. The number of fused-ring (bicyclic) bond motifs is 1. The predicted molar refractivity (Wildman–Crippen MR) is 195 cm³/mol. The zero-order valence-electron chi connectivity index (χ0n) is 26.0. The average Bonchev–Trinajstić information content (AvgIpc) is 3.18. The molecule has 0 spiro atoms. The Hall–Kier alpha value is -6.70. The maximum Gasteiger partial charge on any atom is 0.0991 e. The number of nitriles is 1. The minimum atomic E-state index is 0.582. The predicted octanol–water partition coefficient (Wildman–Crippen LogP) is 10.9. The van der Waals surface area contributed by atoms with E-state index in [2.05, 4.69) is 103 Å². The maximum atomic E-state index is 9.56. The zero-order chi connectivity index (χ0) is 32.3. The van der Waals surface area contributed by atoms with Crippen LogP contribution < -0.4 is 0 Å². The first-order valence-corrected chi connectivity index (χ1v) is 15.8. The molecule has 0 aliphatic rings. The zero-order valence-corrected chi connectivity index (χ0v) is 26.0. The van der Waals surface area contributed by atoms with Crippen molar-refractivity contribution in [2.45, 2.75) is 0 Å². The van der Waals surface area contributed by atoms with E-state index in [4.69, 9.17) is 15.0 Å². The van der Waals surface area contributed by atoms with Crippen LogP contribution in [0, 0.1) is 11.3 Å². The third kappa shape index (κ3) is 5.73. The van der Waals surface area contributed by atoms with Gasteiger partial charge in [0.25, 0.3) is 0 Å². The van der Waals surface area contributed by atoms with Gasteiger partial charge in [0, 0.05) is 22.3 Å². The normalized spacial score (nSPS) is 10.9. The fourth-order valence-corrected chi connectivity index (χ4v) is 6.03. The Morgan fingerprint density at radius 2 is 0.771 bits per heavy atom. The lowest BCUT2D eigenvalue weighted by molar-refractivity contribution is 1.29. The van der Waals surface area contributed by atoms with Crippen LogP contribution in [0.1, 0.15) is 5.56 Å². The van der Waals surface area contributed by atoms with E-state index in [-0.39, 0.29) is 0 Å². The molecule has 8 rings (SSSR count). The van der Waals surface area contributed by atoms with E-state index < -0.39 is 0 Å². The summed E-state index contributed by atoms with van der Waals surface area (Å²) < 4.78 is 0. The van der Waals surface area contributed by atoms with Crippen molar-refractivity contribution in [1.29, 1.82) is 5.26 Å². The van der Waals surface area contributed by atoms with E-state index in [1.54, 1.807) is 6.07 Å². The summed E-state index contributed by atoms with van der Waals surface area (Å²) in [6.07, 6.45) is 0. The van der Waals surface area contributed by atoms with Crippen molar-refractivity contribution in [2.75, 3.05) is 0 Å². The fraction of sp³-hybridized carbons (Fsp3) is 0. The Labute approximate surface area is 279 Å². The van der Waals surface area contributed by atoms with Gasteiger partial charge in [-0.1, -0.05) is 133 Å². The van der Waals surface area contributed by atoms with E-state index >= 15 is 0 Å². The van der Waals surface area contributed by atoms with Gasteiger partial charge in [-0.25, -0.2) is 15.0 Å². The van der Waals surface area contributed by atoms with Crippen LogP contribution in [-0.4, -0.2) is 15.0 Å². The number of para-hydroxylation sites is 2. The topological polar surface area (TPSA) is 62.5 Å². The van der Waals surface area contributed by atoms with Crippen LogP contribution in [-0.2, 0) is 0 Å². The molecule has 0 aliphatic carbocycles. The summed E-state index contributed by atoms with van der Waals surface area (Å²) in [4.78, 5) is 15.2. The van der Waals surface area contributed by atoms with Gasteiger partial charge >= 0.3 is 0 Å². The standard InChI is InChI=1S/C44H28N4/c45-29-30-10-9-15-37(26-30)44-43(47-39-16-7-8-17-40(39)48-44)36-24-22-35(23-25-36)42-28-38(27-41(46-42)34-13-5-2-6-14-34)33-20-18-32(19-21-33)31-11-3-1-4-12-31/h1-28H. The third-order valence-electron chi connectivity index (χ3n) is 8.51. The van der Waals surface area contributed by atoms with E-state index in [0.717, 1.165) is 67.2 Å². The first-order valence-electron chi connectivity index (χ1n) is 15.8. The quantitative estimate of drug-likeness (QED) is 0.187. The van der Waals surface area contributed by atoms with E-state index in [0.29, 0.717) is 5.56 Å². The molecule has 48 heavy (non-hydrogen) atoms. The van der Waals surface area contributed by atoms with Crippen molar-refractivity contribution >= 4 is 11.0 Å². The van der Waals surface area contributed by atoms with Gasteiger partial charge in [-0.05, 0) is 58.7 Å². The monoisotopic (exact) mass is 612 g/mol. The fourth-order valence-electron chi connectivity index (χ4n) is 6.03. The molecule has 2 heterocycles. The lowest BCUT2D eigenvalue weighted by Crippen LogP contribution is -1.96. The second kappa shape index (κ2) is 12.6. The highest BCUT2D eigenvalue weighted by molar-refractivity contribution is 5.87. The van der Waals surface area contributed by atoms with Gasteiger partial charge in [0.15, 0.2) is 0 Å². The van der Waals surface area contributed by atoms with Crippen molar-refractivity contribution < 1.29 is 0 Å². The minimum Gasteiger partial charge on any atom is -0.248 e. The number of aromatic nitrogens is 3. The highest BCUT2D eigenvalue weighted by Gasteiger charge is 2.15. The van der Waals surface area contributed by atoms with E-state index in [1.807, 2.05) is 66.7 Å². The summed E-state index contributed by atoms with van der Waals surface area (Å²) in [5, 5.41) is 9.56. The van der Waals surface area contributed by atoms with E-state index in [9.17, 15) is 5.26 Å². The molecule has 224 valence electrons. The molecule has 8 aromatic rings. The average molecular weight is 613 g/mol. The number of hydrogen-bond donors (Lipinski definition) is 0. The lowest BCUT2D eigenvalue weighted by Gasteiger charge is -2.13. The molecular formula is C44H28N4. The molecule has 0 aliphatic heterocycles. The molecule has 0 bridgehead atoms. The van der Waals surface area contributed by atoms with Crippen LogP contribution in [0.3, 0.4) is 0 Å². The molecule has 0 amide bonds. The third-order valence-corrected chi connectivity index (χ3v) is 8.51. The molecule has 0 fully saturated rings. The maximum absolute atomic E-state index is 9.56. The Kier molecular flexibility index (Phi) is 7.54.